The van der Waals surface area contributed by atoms with Crippen LogP contribution in [0.1, 0.15) is 29.1 Å². The molecule has 8 nitrogen and oxygen atoms in total. The number of aliphatic hydroxyl groups is 1. The van der Waals surface area contributed by atoms with Gasteiger partial charge in [-0.15, -0.1) is 5.10 Å². The van der Waals surface area contributed by atoms with E-state index in [9.17, 15) is 0 Å². The number of aromatic nitrogens is 5. The van der Waals surface area contributed by atoms with Crippen LogP contribution in [0.15, 0.2) is 41.8 Å². The molecule has 8 heteroatoms. The van der Waals surface area contributed by atoms with Crippen molar-refractivity contribution in [2.75, 3.05) is 6.61 Å². The molecule has 0 atom stereocenters. The standard InChI is InChI=1S/C20H22N6O2/c1-14-15(2)25(9-6-10-27)19-18(14)20-23-17(24-26(20)13-21-19)12-28-22-11-16-7-4-3-5-8-16/h3-5,7-8,11,13,27H,6,9-10,12H2,1-2H3/b22-11-. The average Bonchev–Trinajstić information content (AvgIpc) is 3.23. The van der Waals surface area contributed by atoms with Gasteiger partial charge in [-0.3, -0.25) is 0 Å². The van der Waals surface area contributed by atoms with E-state index in [4.69, 9.17) is 9.94 Å². The maximum absolute atomic E-state index is 9.16. The summed E-state index contributed by atoms with van der Waals surface area (Å²) < 4.78 is 3.79. The monoisotopic (exact) mass is 378 g/mol. The van der Waals surface area contributed by atoms with Crippen molar-refractivity contribution in [3.63, 3.8) is 0 Å². The van der Waals surface area contributed by atoms with Crippen LogP contribution in [0, 0.1) is 13.8 Å². The fourth-order valence-electron chi connectivity index (χ4n) is 3.27. The van der Waals surface area contributed by atoms with Crippen LogP contribution in [0.4, 0.5) is 0 Å². The van der Waals surface area contributed by atoms with Crippen LogP contribution in [0.25, 0.3) is 16.7 Å². The number of hydrogen-bond acceptors (Lipinski definition) is 6. The van der Waals surface area contributed by atoms with Crippen molar-refractivity contribution in [1.29, 1.82) is 0 Å². The van der Waals surface area contributed by atoms with Crippen molar-refractivity contribution in [1.82, 2.24) is 24.1 Å². The van der Waals surface area contributed by atoms with Crippen LogP contribution in [0.5, 0.6) is 0 Å². The number of rotatable bonds is 7. The normalized spacial score (nSPS) is 11.8. The molecular weight excluding hydrogens is 356 g/mol. The number of fused-ring (bicyclic) bond motifs is 3. The zero-order valence-electron chi connectivity index (χ0n) is 15.9. The minimum absolute atomic E-state index is 0.149. The molecule has 144 valence electrons. The van der Waals surface area contributed by atoms with Crippen LogP contribution in [-0.2, 0) is 18.0 Å². The molecule has 0 bridgehead atoms. The highest BCUT2D eigenvalue weighted by molar-refractivity contribution is 5.93. The van der Waals surface area contributed by atoms with Crippen LogP contribution < -0.4 is 0 Å². The highest BCUT2D eigenvalue weighted by Gasteiger charge is 2.17. The number of benzene rings is 1. The molecule has 0 aliphatic carbocycles. The van der Waals surface area contributed by atoms with E-state index in [0.29, 0.717) is 18.8 Å². The number of hydrogen-bond donors (Lipinski definition) is 1. The topological polar surface area (TPSA) is 89.8 Å². The Morgan fingerprint density at radius 1 is 1.18 bits per heavy atom. The SMILES string of the molecule is Cc1c(C)n(CCCO)c2ncn3nc(CO/N=C\c4ccccc4)nc3c12. The average molecular weight is 378 g/mol. The van der Waals surface area contributed by atoms with Gasteiger partial charge in [0.2, 0.25) is 0 Å². The molecule has 0 spiro atoms. The second-order valence-corrected chi connectivity index (χ2v) is 6.60. The van der Waals surface area contributed by atoms with Gasteiger partial charge in [-0.25, -0.2) is 14.5 Å². The largest absolute Gasteiger partial charge is 0.396 e. The lowest BCUT2D eigenvalue weighted by Gasteiger charge is -2.05. The third-order valence-corrected chi connectivity index (χ3v) is 4.80. The Morgan fingerprint density at radius 2 is 2.00 bits per heavy atom. The van der Waals surface area contributed by atoms with E-state index < -0.39 is 0 Å². The van der Waals surface area contributed by atoms with Gasteiger partial charge in [-0.1, -0.05) is 35.5 Å². The molecule has 4 aromatic rings. The van der Waals surface area contributed by atoms with Crippen molar-refractivity contribution in [3.8, 4) is 0 Å². The zero-order chi connectivity index (χ0) is 19.5. The summed E-state index contributed by atoms with van der Waals surface area (Å²) in [6, 6.07) is 9.74. The quantitative estimate of drug-likeness (QED) is 0.394. The maximum Gasteiger partial charge on any atom is 0.192 e. The number of nitrogens with zero attached hydrogens (tertiary/aromatic N) is 6. The minimum Gasteiger partial charge on any atom is -0.396 e. The summed E-state index contributed by atoms with van der Waals surface area (Å²) in [4.78, 5) is 14.6. The van der Waals surface area contributed by atoms with E-state index in [-0.39, 0.29) is 13.2 Å². The van der Waals surface area contributed by atoms with Crippen molar-refractivity contribution < 1.29 is 9.94 Å². The zero-order valence-corrected chi connectivity index (χ0v) is 15.9. The summed E-state index contributed by atoms with van der Waals surface area (Å²) in [7, 11) is 0. The van der Waals surface area contributed by atoms with Gasteiger partial charge in [0.15, 0.2) is 18.1 Å². The molecule has 0 amide bonds. The molecule has 3 heterocycles. The second-order valence-electron chi connectivity index (χ2n) is 6.60. The van der Waals surface area contributed by atoms with Gasteiger partial charge in [0.25, 0.3) is 0 Å². The van der Waals surface area contributed by atoms with Gasteiger partial charge in [0.1, 0.15) is 12.0 Å². The molecule has 0 aliphatic rings. The molecule has 28 heavy (non-hydrogen) atoms. The summed E-state index contributed by atoms with van der Waals surface area (Å²) in [5.74, 6) is 0.541. The summed E-state index contributed by atoms with van der Waals surface area (Å²) in [5.41, 5.74) is 4.81. The fourth-order valence-corrected chi connectivity index (χ4v) is 3.27. The Kier molecular flexibility index (Phi) is 5.03. The minimum atomic E-state index is 0.149. The molecule has 1 aromatic carbocycles. The molecule has 4 rings (SSSR count). The van der Waals surface area contributed by atoms with Gasteiger partial charge >= 0.3 is 0 Å². The first kappa shape index (κ1) is 18.1. The molecular formula is C20H22N6O2. The molecule has 1 N–H and O–H groups in total. The Hall–Kier alpha value is -3.26. The van der Waals surface area contributed by atoms with Crippen LogP contribution >= 0.6 is 0 Å². The molecule has 3 aromatic heterocycles. The Labute approximate surface area is 162 Å². The number of oxime groups is 1. The first-order valence-corrected chi connectivity index (χ1v) is 9.20. The summed E-state index contributed by atoms with van der Waals surface area (Å²) in [6.45, 7) is 5.16. The van der Waals surface area contributed by atoms with Crippen LogP contribution in [-0.4, -0.2) is 42.1 Å². The Morgan fingerprint density at radius 3 is 2.79 bits per heavy atom. The molecule has 0 saturated carbocycles. The van der Waals surface area contributed by atoms with Crippen molar-refractivity contribution in [2.24, 2.45) is 5.16 Å². The highest BCUT2D eigenvalue weighted by Crippen LogP contribution is 2.27. The number of aryl methyl sites for hydroxylation is 2. The first-order chi connectivity index (χ1) is 13.7. The fraction of sp³-hybridized carbons (Fsp3) is 0.300. The summed E-state index contributed by atoms with van der Waals surface area (Å²) in [6.07, 6.45) is 4.00. The van der Waals surface area contributed by atoms with Crippen molar-refractivity contribution in [2.45, 2.75) is 33.4 Å². The maximum atomic E-state index is 9.16. The van der Waals surface area contributed by atoms with Crippen LogP contribution in [0.3, 0.4) is 0 Å². The van der Waals surface area contributed by atoms with E-state index in [1.807, 2.05) is 30.3 Å². The predicted molar refractivity (Wildman–Crippen MR) is 106 cm³/mol. The highest BCUT2D eigenvalue weighted by atomic mass is 16.6. The second kappa shape index (κ2) is 7.77. The van der Waals surface area contributed by atoms with E-state index >= 15 is 0 Å². The lowest BCUT2D eigenvalue weighted by atomic mass is 10.2. The number of aliphatic hydroxyl groups excluding tert-OH is 1. The van der Waals surface area contributed by atoms with Gasteiger partial charge in [0, 0.05) is 18.8 Å². The van der Waals surface area contributed by atoms with E-state index in [0.717, 1.165) is 33.5 Å². The molecule has 0 radical (unpaired) electrons. The summed E-state index contributed by atoms with van der Waals surface area (Å²) in [5, 5.41) is 18.6. The lowest BCUT2D eigenvalue weighted by molar-refractivity contribution is 0.126. The van der Waals surface area contributed by atoms with Crippen molar-refractivity contribution >= 4 is 22.9 Å². The van der Waals surface area contributed by atoms with E-state index in [1.54, 1.807) is 17.1 Å². The van der Waals surface area contributed by atoms with Gasteiger partial charge in [-0.2, -0.15) is 0 Å². The van der Waals surface area contributed by atoms with Crippen LogP contribution in [0.2, 0.25) is 0 Å². The van der Waals surface area contributed by atoms with Gasteiger partial charge in [-0.05, 0) is 31.4 Å². The van der Waals surface area contributed by atoms with Gasteiger partial charge in [0.05, 0.1) is 11.6 Å². The predicted octanol–water partition coefficient (Wildman–Crippen LogP) is 2.63. The molecule has 0 aliphatic heterocycles. The van der Waals surface area contributed by atoms with Gasteiger partial charge < -0.3 is 14.5 Å². The Balaban J connectivity index is 1.60. The third-order valence-electron chi connectivity index (χ3n) is 4.80. The lowest BCUT2D eigenvalue weighted by Crippen LogP contribution is -2.03. The Bertz CT molecular complexity index is 1130. The summed E-state index contributed by atoms with van der Waals surface area (Å²) >= 11 is 0. The smallest absolute Gasteiger partial charge is 0.192 e. The third kappa shape index (κ3) is 3.34. The van der Waals surface area contributed by atoms with E-state index in [2.05, 4.69) is 38.6 Å². The molecule has 0 saturated heterocycles. The first-order valence-electron chi connectivity index (χ1n) is 9.20. The van der Waals surface area contributed by atoms with Crippen molar-refractivity contribution in [3.05, 3.63) is 59.3 Å². The van der Waals surface area contributed by atoms with E-state index in [1.165, 1.54) is 0 Å². The molecule has 0 unspecified atom stereocenters. The molecule has 0 fully saturated rings.